The Morgan fingerprint density at radius 1 is 1.31 bits per heavy atom. The number of nitrogens with one attached hydrogen (secondary N) is 2. The van der Waals surface area contributed by atoms with Crippen LogP contribution in [-0.2, 0) is 9.59 Å². The van der Waals surface area contributed by atoms with E-state index < -0.39 is 0 Å². The fourth-order valence-electron chi connectivity index (χ4n) is 1.15. The maximum absolute atomic E-state index is 11.1. The Morgan fingerprint density at radius 2 is 2.00 bits per heavy atom. The summed E-state index contributed by atoms with van der Waals surface area (Å²) in [7, 11) is 0. The van der Waals surface area contributed by atoms with Crippen LogP contribution in [0.3, 0.4) is 0 Å². The Morgan fingerprint density at radius 3 is 2.56 bits per heavy atom. The van der Waals surface area contributed by atoms with E-state index in [-0.39, 0.29) is 17.7 Å². The highest BCUT2D eigenvalue weighted by molar-refractivity contribution is 6.29. The molecule has 0 heterocycles. The standard InChI is InChI=1S/C10H12ClN3O2/c1-6(15)13-9-4-7(12)2-3-8(9)14-10(16)5-11/h2-4H,5,12H2,1H3,(H,13,15)(H,14,16). The molecule has 16 heavy (non-hydrogen) atoms. The molecule has 1 aromatic rings. The smallest absolute Gasteiger partial charge is 0.239 e. The van der Waals surface area contributed by atoms with Crippen molar-refractivity contribution < 1.29 is 9.59 Å². The van der Waals surface area contributed by atoms with Crippen LogP contribution in [0.25, 0.3) is 0 Å². The molecule has 0 spiro atoms. The fourth-order valence-corrected chi connectivity index (χ4v) is 1.21. The van der Waals surface area contributed by atoms with E-state index in [2.05, 4.69) is 10.6 Å². The van der Waals surface area contributed by atoms with Crippen LogP contribution in [0.4, 0.5) is 17.1 Å². The molecule has 0 atom stereocenters. The lowest BCUT2D eigenvalue weighted by molar-refractivity contribution is -0.115. The first kappa shape index (κ1) is 12.3. The molecule has 2 amide bonds. The topological polar surface area (TPSA) is 84.2 Å². The largest absolute Gasteiger partial charge is 0.399 e. The Bertz CT molecular complexity index is 421. The number of hydrogen-bond donors (Lipinski definition) is 3. The van der Waals surface area contributed by atoms with Crippen molar-refractivity contribution in [1.29, 1.82) is 0 Å². The summed E-state index contributed by atoms with van der Waals surface area (Å²) in [6.45, 7) is 1.37. The lowest BCUT2D eigenvalue weighted by Crippen LogP contribution is -2.15. The van der Waals surface area contributed by atoms with Crippen molar-refractivity contribution in [3.8, 4) is 0 Å². The van der Waals surface area contributed by atoms with Crippen LogP contribution in [0.2, 0.25) is 0 Å². The zero-order valence-electron chi connectivity index (χ0n) is 8.71. The van der Waals surface area contributed by atoms with Gasteiger partial charge in [-0.15, -0.1) is 11.6 Å². The van der Waals surface area contributed by atoms with Gasteiger partial charge in [-0.05, 0) is 18.2 Å². The molecule has 0 saturated heterocycles. The number of rotatable bonds is 3. The van der Waals surface area contributed by atoms with Crippen molar-refractivity contribution in [3.05, 3.63) is 18.2 Å². The molecule has 0 aliphatic rings. The van der Waals surface area contributed by atoms with Crippen molar-refractivity contribution >= 4 is 40.5 Å². The van der Waals surface area contributed by atoms with Gasteiger partial charge >= 0.3 is 0 Å². The molecule has 0 aromatic heterocycles. The van der Waals surface area contributed by atoms with Gasteiger partial charge < -0.3 is 16.4 Å². The molecule has 0 unspecified atom stereocenters. The summed E-state index contributed by atoms with van der Waals surface area (Å²) in [6.07, 6.45) is 0. The number of carbonyl (C=O) groups is 2. The Labute approximate surface area is 98.0 Å². The maximum Gasteiger partial charge on any atom is 0.239 e. The van der Waals surface area contributed by atoms with Gasteiger partial charge in [0.1, 0.15) is 5.88 Å². The summed E-state index contributed by atoms with van der Waals surface area (Å²) in [5.74, 6) is -0.742. The van der Waals surface area contributed by atoms with E-state index in [1.807, 2.05) is 0 Å². The SMILES string of the molecule is CC(=O)Nc1cc(N)ccc1NC(=O)CCl. The molecular formula is C10H12ClN3O2. The molecule has 86 valence electrons. The number of amides is 2. The van der Waals surface area contributed by atoms with E-state index >= 15 is 0 Å². The number of hydrogen-bond acceptors (Lipinski definition) is 3. The molecule has 0 aliphatic carbocycles. The van der Waals surface area contributed by atoms with E-state index in [1.165, 1.54) is 6.92 Å². The molecule has 0 bridgehead atoms. The summed E-state index contributed by atoms with van der Waals surface area (Å²) in [5, 5.41) is 5.12. The number of nitrogens with two attached hydrogens (primary N) is 1. The van der Waals surface area contributed by atoms with Crippen molar-refractivity contribution in [2.24, 2.45) is 0 Å². The summed E-state index contributed by atoms with van der Waals surface area (Å²) in [4.78, 5) is 22.1. The van der Waals surface area contributed by atoms with Gasteiger partial charge in [-0.2, -0.15) is 0 Å². The van der Waals surface area contributed by atoms with E-state index in [0.717, 1.165) is 0 Å². The molecule has 1 rings (SSSR count). The fraction of sp³-hybridized carbons (Fsp3) is 0.200. The Balaban J connectivity index is 2.97. The number of alkyl halides is 1. The van der Waals surface area contributed by atoms with Gasteiger partial charge in [-0.1, -0.05) is 0 Å². The number of benzene rings is 1. The molecule has 0 aliphatic heterocycles. The molecular weight excluding hydrogens is 230 g/mol. The van der Waals surface area contributed by atoms with E-state index in [1.54, 1.807) is 18.2 Å². The van der Waals surface area contributed by atoms with Gasteiger partial charge in [0, 0.05) is 12.6 Å². The van der Waals surface area contributed by atoms with Gasteiger partial charge in [-0.25, -0.2) is 0 Å². The second-order valence-corrected chi connectivity index (χ2v) is 3.44. The number of nitrogen functional groups attached to an aromatic ring is 1. The van der Waals surface area contributed by atoms with Crippen molar-refractivity contribution in [2.45, 2.75) is 6.92 Å². The summed E-state index contributed by atoms with van der Waals surface area (Å²) in [6, 6.07) is 4.78. The predicted octanol–water partition coefficient (Wildman–Crippen LogP) is 1.40. The Hall–Kier alpha value is -1.75. The minimum absolute atomic E-state index is 0.149. The molecule has 6 heteroatoms. The molecule has 0 fully saturated rings. The van der Waals surface area contributed by atoms with Crippen molar-refractivity contribution in [3.63, 3.8) is 0 Å². The number of halogens is 1. The second-order valence-electron chi connectivity index (χ2n) is 3.17. The lowest BCUT2D eigenvalue weighted by Gasteiger charge is -2.11. The van der Waals surface area contributed by atoms with Crippen LogP contribution in [0, 0.1) is 0 Å². The first-order valence-corrected chi connectivity index (χ1v) is 5.09. The zero-order chi connectivity index (χ0) is 12.1. The highest BCUT2D eigenvalue weighted by atomic mass is 35.5. The maximum atomic E-state index is 11.1. The second kappa shape index (κ2) is 5.37. The molecule has 4 N–H and O–H groups in total. The van der Waals surface area contributed by atoms with Gasteiger partial charge in [0.2, 0.25) is 11.8 Å². The monoisotopic (exact) mass is 241 g/mol. The highest BCUT2D eigenvalue weighted by Gasteiger charge is 2.07. The summed E-state index contributed by atoms with van der Waals surface area (Å²) >= 11 is 5.37. The molecule has 0 radical (unpaired) electrons. The van der Waals surface area contributed by atoms with Gasteiger partial charge in [-0.3, -0.25) is 9.59 Å². The third-order valence-electron chi connectivity index (χ3n) is 1.75. The van der Waals surface area contributed by atoms with E-state index in [9.17, 15) is 9.59 Å². The van der Waals surface area contributed by atoms with E-state index in [0.29, 0.717) is 17.1 Å². The molecule has 1 aromatic carbocycles. The normalized spacial score (nSPS) is 9.62. The van der Waals surface area contributed by atoms with Crippen molar-refractivity contribution in [2.75, 3.05) is 22.2 Å². The van der Waals surface area contributed by atoms with Crippen LogP contribution in [0.1, 0.15) is 6.92 Å². The minimum atomic E-state index is -0.349. The first-order valence-electron chi connectivity index (χ1n) is 4.56. The van der Waals surface area contributed by atoms with Crippen LogP contribution >= 0.6 is 11.6 Å². The van der Waals surface area contributed by atoms with Gasteiger partial charge in [0.15, 0.2) is 0 Å². The van der Waals surface area contributed by atoms with Crippen LogP contribution in [0.15, 0.2) is 18.2 Å². The summed E-state index contributed by atoms with van der Waals surface area (Å²) < 4.78 is 0. The predicted molar refractivity (Wildman–Crippen MR) is 64.5 cm³/mol. The number of carbonyl (C=O) groups excluding carboxylic acids is 2. The molecule has 5 nitrogen and oxygen atoms in total. The van der Waals surface area contributed by atoms with Crippen LogP contribution in [0.5, 0.6) is 0 Å². The third-order valence-corrected chi connectivity index (χ3v) is 1.99. The first-order chi connectivity index (χ1) is 7.52. The lowest BCUT2D eigenvalue weighted by atomic mass is 10.2. The van der Waals surface area contributed by atoms with Crippen LogP contribution in [-0.4, -0.2) is 17.7 Å². The zero-order valence-corrected chi connectivity index (χ0v) is 9.47. The Kier molecular flexibility index (Phi) is 4.13. The average Bonchev–Trinajstić information content (AvgIpc) is 2.21. The third kappa shape index (κ3) is 3.43. The van der Waals surface area contributed by atoms with Gasteiger partial charge in [0.25, 0.3) is 0 Å². The van der Waals surface area contributed by atoms with Crippen LogP contribution < -0.4 is 16.4 Å². The number of anilines is 3. The highest BCUT2D eigenvalue weighted by Crippen LogP contribution is 2.24. The summed E-state index contributed by atoms with van der Waals surface area (Å²) in [5.41, 5.74) is 6.99. The van der Waals surface area contributed by atoms with E-state index in [4.69, 9.17) is 17.3 Å². The average molecular weight is 242 g/mol. The van der Waals surface area contributed by atoms with Crippen molar-refractivity contribution in [1.82, 2.24) is 0 Å². The quantitative estimate of drug-likeness (QED) is 0.553. The minimum Gasteiger partial charge on any atom is -0.399 e. The van der Waals surface area contributed by atoms with Gasteiger partial charge in [0.05, 0.1) is 11.4 Å². The molecule has 0 saturated carbocycles.